The van der Waals surface area contributed by atoms with Crippen LogP contribution < -0.4 is 5.73 Å². The highest BCUT2D eigenvalue weighted by Gasteiger charge is 2.54. The first-order valence-corrected chi connectivity index (χ1v) is 9.38. The zero-order chi connectivity index (χ0) is 19.6. The zero-order valence-electron chi connectivity index (χ0n) is 16.0. The molecule has 2 bridgehead atoms. The molecule has 4 heterocycles. The molecule has 1 aromatic carbocycles. The summed E-state index contributed by atoms with van der Waals surface area (Å²) in [7, 11) is 0. The van der Waals surface area contributed by atoms with Crippen LogP contribution in [-0.4, -0.2) is 36.1 Å². The van der Waals surface area contributed by atoms with Crippen LogP contribution in [0.5, 0.6) is 0 Å². The second-order valence-corrected chi connectivity index (χ2v) is 8.36. The minimum atomic E-state index is -0.551. The minimum Gasteiger partial charge on any atom is -0.444 e. The summed E-state index contributed by atoms with van der Waals surface area (Å²) in [6.07, 6.45) is 3.68. The second-order valence-electron chi connectivity index (χ2n) is 8.36. The number of carbonyl (C=O) groups excluding carboxylic acids is 1. The lowest BCUT2D eigenvalue weighted by atomic mass is 9.88. The lowest BCUT2D eigenvalue weighted by molar-refractivity contribution is 0.0165. The lowest BCUT2D eigenvalue weighted by Crippen LogP contribution is -2.35. The summed E-state index contributed by atoms with van der Waals surface area (Å²) < 4.78 is 7.74. The molecule has 2 aliphatic heterocycles. The van der Waals surface area contributed by atoms with E-state index in [1.165, 1.54) is 11.9 Å². The lowest BCUT2D eigenvalue weighted by Gasteiger charge is -2.29. The number of hydrogen-bond donors (Lipinski definition) is 1. The van der Waals surface area contributed by atoms with Crippen molar-refractivity contribution in [1.82, 2.24) is 24.4 Å². The largest absolute Gasteiger partial charge is 0.444 e. The van der Waals surface area contributed by atoms with Gasteiger partial charge in [-0.2, -0.15) is 0 Å². The van der Waals surface area contributed by atoms with Crippen molar-refractivity contribution in [3.05, 3.63) is 48.0 Å². The molecule has 5 rings (SSSR count). The molecule has 144 valence electrons. The van der Waals surface area contributed by atoms with Gasteiger partial charge in [-0.1, -0.05) is 24.3 Å². The van der Waals surface area contributed by atoms with Crippen LogP contribution >= 0.6 is 0 Å². The number of benzene rings is 1. The van der Waals surface area contributed by atoms with Gasteiger partial charge in [0.15, 0.2) is 11.5 Å². The van der Waals surface area contributed by atoms with Crippen molar-refractivity contribution < 1.29 is 9.53 Å². The third-order valence-corrected chi connectivity index (χ3v) is 5.49. The predicted octanol–water partition coefficient (Wildman–Crippen LogP) is 3.39. The number of imidazole rings is 1. The average molecular weight is 378 g/mol. The molecule has 8 nitrogen and oxygen atoms in total. The van der Waals surface area contributed by atoms with Crippen LogP contribution in [0.2, 0.25) is 0 Å². The Labute approximate surface area is 162 Å². The maximum absolute atomic E-state index is 13.1. The molecular formula is C20H22N6O2. The minimum absolute atomic E-state index is 0.00622. The molecule has 3 aromatic rings. The van der Waals surface area contributed by atoms with E-state index in [2.05, 4.69) is 27.1 Å². The van der Waals surface area contributed by atoms with E-state index in [1.54, 1.807) is 6.33 Å². The van der Waals surface area contributed by atoms with Gasteiger partial charge in [0.25, 0.3) is 0 Å². The van der Waals surface area contributed by atoms with Crippen molar-refractivity contribution in [3.8, 4) is 0 Å². The topological polar surface area (TPSA) is 99.2 Å². The summed E-state index contributed by atoms with van der Waals surface area (Å²) in [5.74, 6) is 0.358. The van der Waals surface area contributed by atoms with Crippen molar-refractivity contribution in [2.45, 2.75) is 50.9 Å². The van der Waals surface area contributed by atoms with Crippen molar-refractivity contribution in [2.24, 2.45) is 0 Å². The monoisotopic (exact) mass is 378 g/mol. The predicted molar refractivity (Wildman–Crippen MR) is 103 cm³/mol. The maximum atomic E-state index is 13.1. The zero-order valence-corrected chi connectivity index (χ0v) is 16.0. The van der Waals surface area contributed by atoms with Crippen LogP contribution in [0.3, 0.4) is 0 Å². The molecule has 2 aromatic heterocycles. The smallest absolute Gasteiger partial charge is 0.411 e. The number of carbonyl (C=O) groups is 1. The molecule has 28 heavy (non-hydrogen) atoms. The molecule has 3 atom stereocenters. The Morgan fingerprint density at radius 1 is 1.18 bits per heavy atom. The van der Waals surface area contributed by atoms with Gasteiger partial charge < -0.3 is 15.0 Å². The number of nitrogen functional groups attached to an aromatic ring is 1. The van der Waals surface area contributed by atoms with Crippen molar-refractivity contribution in [2.75, 3.05) is 5.73 Å². The first kappa shape index (κ1) is 17.0. The van der Waals surface area contributed by atoms with E-state index in [4.69, 9.17) is 10.5 Å². The van der Waals surface area contributed by atoms with Gasteiger partial charge in [-0.05, 0) is 38.3 Å². The highest BCUT2D eigenvalue weighted by Crippen LogP contribution is 2.58. The van der Waals surface area contributed by atoms with Crippen LogP contribution in [0.1, 0.15) is 56.4 Å². The van der Waals surface area contributed by atoms with Crippen molar-refractivity contribution in [3.63, 3.8) is 0 Å². The van der Waals surface area contributed by atoms with E-state index in [9.17, 15) is 4.79 Å². The standard InChI is InChI=1S/C20H22N6O2/c1-20(2,3)28-19(27)26-13-8-14(16(26)12-7-5-4-6-11(12)13)25-10-24-15-17(21)22-9-23-18(15)25/h4-7,9-10,13-14,16H,8H2,1-3H3,(H2,21,22,23)/t13-,14+,16-/m1/s1. The van der Waals surface area contributed by atoms with E-state index in [1.807, 2.05) is 42.4 Å². The molecule has 1 saturated heterocycles. The SMILES string of the molecule is CC(C)(C)OC(=O)N1[C@@H]2C[C@H](n3cnc4c(N)ncnc43)[C@H]1c1ccccc12. The fourth-order valence-corrected chi connectivity index (χ4v) is 4.50. The summed E-state index contributed by atoms with van der Waals surface area (Å²) in [6, 6.07) is 8.05. The van der Waals surface area contributed by atoms with Gasteiger partial charge >= 0.3 is 6.09 Å². The number of amides is 1. The van der Waals surface area contributed by atoms with Crippen LogP contribution in [0, 0.1) is 0 Å². The number of nitrogens with zero attached hydrogens (tertiary/aromatic N) is 5. The molecular weight excluding hydrogens is 356 g/mol. The third-order valence-electron chi connectivity index (χ3n) is 5.49. The Balaban J connectivity index is 1.60. The summed E-state index contributed by atoms with van der Waals surface area (Å²) >= 11 is 0. The first-order chi connectivity index (χ1) is 13.3. The molecule has 0 saturated carbocycles. The van der Waals surface area contributed by atoms with Crippen LogP contribution in [0.15, 0.2) is 36.9 Å². The molecule has 1 amide bonds. The van der Waals surface area contributed by atoms with Gasteiger partial charge in [0.1, 0.15) is 17.4 Å². The van der Waals surface area contributed by atoms with Crippen LogP contribution in [0.25, 0.3) is 11.2 Å². The first-order valence-electron chi connectivity index (χ1n) is 9.38. The Kier molecular flexibility index (Phi) is 3.44. The fraction of sp³-hybridized carbons (Fsp3) is 0.400. The molecule has 2 aliphatic rings. The normalized spacial score (nSPS) is 23.2. The number of aromatic nitrogens is 4. The highest BCUT2D eigenvalue weighted by atomic mass is 16.6. The van der Waals surface area contributed by atoms with Crippen LogP contribution in [-0.2, 0) is 4.74 Å². The third kappa shape index (κ3) is 2.37. The summed E-state index contributed by atoms with van der Waals surface area (Å²) in [5.41, 5.74) is 9.01. The van der Waals surface area contributed by atoms with Crippen LogP contribution in [0.4, 0.5) is 10.6 Å². The Hall–Kier alpha value is -3.16. The molecule has 0 unspecified atom stereocenters. The maximum Gasteiger partial charge on any atom is 0.411 e. The number of hydrogen-bond acceptors (Lipinski definition) is 6. The van der Waals surface area contributed by atoms with E-state index >= 15 is 0 Å². The highest BCUT2D eigenvalue weighted by molar-refractivity contribution is 5.81. The van der Waals surface area contributed by atoms with E-state index < -0.39 is 5.60 Å². The Morgan fingerprint density at radius 2 is 1.93 bits per heavy atom. The molecule has 0 spiro atoms. The molecule has 2 N–H and O–H groups in total. The van der Waals surface area contributed by atoms with Gasteiger partial charge in [0.05, 0.1) is 24.5 Å². The van der Waals surface area contributed by atoms with Gasteiger partial charge in [-0.15, -0.1) is 0 Å². The van der Waals surface area contributed by atoms with Gasteiger partial charge in [-0.25, -0.2) is 19.7 Å². The fourth-order valence-electron chi connectivity index (χ4n) is 4.50. The van der Waals surface area contributed by atoms with Gasteiger partial charge in [-0.3, -0.25) is 4.90 Å². The second kappa shape index (κ2) is 5.67. The quantitative estimate of drug-likeness (QED) is 0.697. The average Bonchev–Trinajstić information content (AvgIpc) is 3.30. The summed E-state index contributed by atoms with van der Waals surface area (Å²) in [6.45, 7) is 5.66. The van der Waals surface area contributed by atoms with Crippen molar-refractivity contribution >= 4 is 23.1 Å². The Morgan fingerprint density at radius 3 is 2.68 bits per heavy atom. The molecule has 0 radical (unpaired) electrons. The molecule has 8 heteroatoms. The van der Waals surface area contributed by atoms with E-state index in [-0.39, 0.29) is 24.2 Å². The number of rotatable bonds is 1. The molecule has 1 fully saturated rings. The van der Waals surface area contributed by atoms with Gasteiger partial charge in [0.2, 0.25) is 0 Å². The van der Waals surface area contributed by atoms with E-state index in [0.717, 1.165) is 12.0 Å². The van der Waals surface area contributed by atoms with Crippen molar-refractivity contribution in [1.29, 1.82) is 0 Å². The number of ether oxygens (including phenoxy) is 1. The van der Waals surface area contributed by atoms with Gasteiger partial charge in [0, 0.05) is 0 Å². The summed E-state index contributed by atoms with van der Waals surface area (Å²) in [4.78, 5) is 27.7. The van der Waals surface area contributed by atoms with E-state index in [0.29, 0.717) is 17.0 Å². The summed E-state index contributed by atoms with van der Waals surface area (Å²) in [5, 5.41) is 0. The number of fused-ring (bicyclic) bond motifs is 6. The Bertz CT molecular complexity index is 1090. The number of anilines is 1. The number of nitrogens with two attached hydrogens (primary N) is 1. The molecule has 0 aliphatic carbocycles.